The topological polar surface area (TPSA) is 240 Å². The van der Waals surface area contributed by atoms with Crippen molar-refractivity contribution < 1.29 is 59.2 Å². The summed E-state index contributed by atoms with van der Waals surface area (Å²) in [6.07, 6.45) is 3.97. The Morgan fingerprint density at radius 1 is 0.467 bits per heavy atom. The standard InChI is InChI=1S/C14H20N2O3.C11H22N2O3.C8H16N2O3.C8H15NO3/c1-12(17)8-9-16(19)14(18)11-15(2)10-13-6-4-3-5-7-13;1-4-5-7-12(3)9-11(15)13(16)8-6-10(2)14;1-7(11)4-5-8(12)10(13)6-9(2)3;1-3-4-8(11)9(12)6-5-7(2)10/h3-7,19H,8-11H2,1-2H3;16H,4-9H2,1-3H3;13H,4-6H2,1-3H3;12H,3-6H2,1-2H3. The van der Waals surface area contributed by atoms with Crippen molar-refractivity contribution in [1.29, 1.82) is 0 Å². The molecule has 19 nitrogen and oxygen atoms in total. The first-order valence-electron chi connectivity index (χ1n) is 20.0. The van der Waals surface area contributed by atoms with Gasteiger partial charge in [-0.1, -0.05) is 50.6 Å². The second-order valence-electron chi connectivity index (χ2n) is 14.6. The lowest BCUT2D eigenvalue weighted by molar-refractivity contribution is -0.172. The van der Waals surface area contributed by atoms with Crippen molar-refractivity contribution >= 4 is 46.8 Å². The summed E-state index contributed by atoms with van der Waals surface area (Å²) in [4.78, 5) is 92.9. The minimum atomic E-state index is -0.427. The molecule has 0 bridgehead atoms. The zero-order valence-electron chi connectivity index (χ0n) is 37.6. The van der Waals surface area contributed by atoms with E-state index in [0.29, 0.717) is 39.6 Å². The van der Waals surface area contributed by atoms with Crippen LogP contribution in [0.25, 0.3) is 0 Å². The minimum Gasteiger partial charge on any atom is -0.300 e. The number of carbonyl (C=O) groups excluding carboxylic acids is 8. The van der Waals surface area contributed by atoms with Crippen LogP contribution in [-0.4, -0.2) is 177 Å². The van der Waals surface area contributed by atoms with Gasteiger partial charge in [-0.05, 0) is 80.8 Å². The van der Waals surface area contributed by atoms with Gasteiger partial charge in [0.05, 0.1) is 39.4 Å². The van der Waals surface area contributed by atoms with E-state index in [9.17, 15) is 48.8 Å². The Morgan fingerprint density at radius 3 is 1.25 bits per heavy atom. The van der Waals surface area contributed by atoms with E-state index < -0.39 is 11.8 Å². The molecule has 0 aromatic heterocycles. The Morgan fingerprint density at radius 2 is 0.867 bits per heavy atom. The number of benzene rings is 1. The largest absolute Gasteiger partial charge is 0.300 e. The van der Waals surface area contributed by atoms with E-state index in [1.165, 1.54) is 27.7 Å². The Bertz CT molecular complexity index is 1420. The molecular formula is C41H73N7O12. The molecule has 0 saturated carbocycles. The summed E-state index contributed by atoms with van der Waals surface area (Å²) in [7, 11) is 7.12. The first-order valence-corrected chi connectivity index (χ1v) is 20.0. The van der Waals surface area contributed by atoms with Crippen molar-refractivity contribution in [3.8, 4) is 0 Å². The average Bonchev–Trinajstić information content (AvgIpc) is 3.16. The summed E-state index contributed by atoms with van der Waals surface area (Å²) >= 11 is 0. The van der Waals surface area contributed by atoms with Gasteiger partial charge in [0.1, 0.15) is 23.1 Å². The van der Waals surface area contributed by atoms with Gasteiger partial charge in [0.2, 0.25) is 11.8 Å². The molecule has 0 unspecified atom stereocenters. The van der Waals surface area contributed by atoms with Crippen LogP contribution < -0.4 is 0 Å². The summed E-state index contributed by atoms with van der Waals surface area (Å²) in [5.41, 5.74) is 1.10. The number of hydrogen-bond acceptors (Lipinski definition) is 15. The molecule has 19 heteroatoms. The summed E-state index contributed by atoms with van der Waals surface area (Å²) < 4.78 is 0. The SMILES string of the molecule is CC(=O)CCC(=O)N(O)CN(C)C.CC(=O)CCN(O)C(=O)CN(C)Cc1ccccc1.CCCC(=O)N(O)CCC(C)=O.CCCCN(C)CC(=O)N(O)CCC(C)=O. The Balaban J connectivity index is -0.000000735. The second-order valence-corrected chi connectivity index (χ2v) is 14.6. The summed E-state index contributed by atoms with van der Waals surface area (Å²) in [6.45, 7) is 11.8. The number of nitrogens with zero attached hydrogens (tertiary/aromatic N) is 7. The van der Waals surface area contributed by atoms with E-state index in [1.807, 2.05) is 61.2 Å². The molecule has 1 aromatic rings. The highest BCUT2D eigenvalue weighted by molar-refractivity contribution is 5.83. The van der Waals surface area contributed by atoms with E-state index in [2.05, 4.69) is 6.92 Å². The molecular weight excluding hydrogens is 782 g/mol. The van der Waals surface area contributed by atoms with Crippen LogP contribution in [0.1, 0.15) is 105 Å². The fourth-order valence-electron chi connectivity index (χ4n) is 4.35. The zero-order chi connectivity index (χ0) is 46.8. The molecule has 0 aliphatic carbocycles. The summed E-state index contributed by atoms with van der Waals surface area (Å²) in [5.74, 6) is -1.68. The smallest absolute Gasteiger partial charge is 0.260 e. The zero-order valence-corrected chi connectivity index (χ0v) is 37.6. The monoisotopic (exact) mass is 856 g/mol. The van der Waals surface area contributed by atoms with Gasteiger partial charge in [-0.15, -0.1) is 0 Å². The van der Waals surface area contributed by atoms with Crippen molar-refractivity contribution in [1.82, 2.24) is 35.0 Å². The molecule has 0 aliphatic rings. The van der Waals surface area contributed by atoms with Gasteiger partial charge in [-0.3, -0.25) is 69.1 Å². The lowest BCUT2D eigenvalue weighted by Gasteiger charge is -2.20. The molecule has 0 fully saturated rings. The molecule has 0 aliphatic heterocycles. The van der Waals surface area contributed by atoms with E-state index in [4.69, 9.17) is 10.4 Å². The number of unbranched alkanes of at least 4 members (excludes halogenated alkanes) is 1. The number of likely N-dealkylation sites (N-methyl/N-ethyl adjacent to an activating group) is 2. The van der Waals surface area contributed by atoms with E-state index in [-0.39, 0.29) is 106 Å². The summed E-state index contributed by atoms with van der Waals surface area (Å²) in [5, 5.41) is 39.5. The number of Topliss-reactive ketones (excluding diaryl/α,β-unsaturated/α-hetero) is 4. The lowest BCUT2D eigenvalue weighted by Crippen LogP contribution is -2.38. The maximum atomic E-state index is 11.7. The third-order valence-electron chi connectivity index (χ3n) is 7.75. The van der Waals surface area contributed by atoms with Crippen LogP contribution >= 0.6 is 0 Å². The molecule has 4 N–H and O–H groups in total. The molecule has 0 spiro atoms. The predicted molar refractivity (Wildman–Crippen MR) is 224 cm³/mol. The first kappa shape index (κ1) is 59.8. The lowest BCUT2D eigenvalue weighted by atomic mass is 10.2. The maximum absolute atomic E-state index is 11.7. The number of rotatable bonds is 25. The Labute approximate surface area is 356 Å². The highest BCUT2D eigenvalue weighted by Gasteiger charge is 2.16. The Kier molecular flexibility index (Phi) is 36.2. The van der Waals surface area contributed by atoms with Crippen LogP contribution in [0.3, 0.4) is 0 Å². The number of hydrogen-bond donors (Lipinski definition) is 4. The Hall–Kier alpha value is -4.50. The minimum absolute atomic E-state index is 0.0293. The van der Waals surface area contributed by atoms with E-state index in [1.54, 1.807) is 19.0 Å². The van der Waals surface area contributed by atoms with E-state index in [0.717, 1.165) is 24.9 Å². The highest BCUT2D eigenvalue weighted by Crippen LogP contribution is 2.03. The van der Waals surface area contributed by atoms with Crippen molar-refractivity contribution in [2.45, 2.75) is 106 Å². The second kappa shape index (κ2) is 36.4. The molecule has 0 atom stereocenters. The van der Waals surface area contributed by atoms with Crippen LogP contribution in [0.15, 0.2) is 30.3 Å². The number of hydroxylamine groups is 8. The predicted octanol–water partition coefficient (Wildman–Crippen LogP) is 3.31. The van der Waals surface area contributed by atoms with Gasteiger partial charge in [-0.25, -0.2) is 20.3 Å². The quantitative estimate of drug-likeness (QED) is 0.0627. The maximum Gasteiger partial charge on any atom is 0.260 e. The molecule has 0 saturated heterocycles. The third kappa shape index (κ3) is 37.7. The van der Waals surface area contributed by atoms with E-state index >= 15 is 0 Å². The molecule has 1 aromatic carbocycles. The van der Waals surface area contributed by atoms with Gasteiger partial charge in [-0.2, -0.15) is 0 Å². The summed E-state index contributed by atoms with van der Waals surface area (Å²) in [6, 6.07) is 9.78. The normalized spacial score (nSPS) is 10.3. The average molecular weight is 856 g/mol. The van der Waals surface area contributed by atoms with Gasteiger partial charge in [0, 0.05) is 45.1 Å². The molecule has 4 amide bonds. The molecule has 0 radical (unpaired) electrons. The van der Waals surface area contributed by atoms with Crippen molar-refractivity contribution in [2.75, 3.05) is 74.1 Å². The fraction of sp³-hybridized carbons (Fsp3) is 0.659. The van der Waals surface area contributed by atoms with Gasteiger partial charge >= 0.3 is 0 Å². The van der Waals surface area contributed by atoms with Crippen molar-refractivity contribution in [3.63, 3.8) is 0 Å². The molecule has 0 heterocycles. The van der Waals surface area contributed by atoms with Gasteiger partial charge < -0.3 is 4.79 Å². The fourth-order valence-corrected chi connectivity index (χ4v) is 4.35. The van der Waals surface area contributed by atoms with Gasteiger partial charge in [0.15, 0.2) is 0 Å². The first-order chi connectivity index (χ1) is 28.0. The van der Waals surface area contributed by atoms with Crippen molar-refractivity contribution in [3.05, 3.63) is 35.9 Å². The number of ketones is 4. The van der Waals surface area contributed by atoms with Crippen LogP contribution in [0.4, 0.5) is 0 Å². The third-order valence-corrected chi connectivity index (χ3v) is 7.75. The van der Waals surface area contributed by atoms with Crippen molar-refractivity contribution in [2.24, 2.45) is 0 Å². The number of carbonyl (C=O) groups is 8. The van der Waals surface area contributed by atoms with Crippen LogP contribution in [0.5, 0.6) is 0 Å². The van der Waals surface area contributed by atoms with Crippen LogP contribution in [0.2, 0.25) is 0 Å². The molecule has 60 heavy (non-hydrogen) atoms. The van der Waals surface area contributed by atoms with Gasteiger partial charge in [0.25, 0.3) is 11.8 Å². The van der Waals surface area contributed by atoms with Crippen LogP contribution in [-0.2, 0) is 44.9 Å². The molecule has 344 valence electrons. The molecule has 1 rings (SSSR count). The number of amides is 4. The van der Waals surface area contributed by atoms with Crippen LogP contribution in [0, 0.1) is 0 Å². The highest BCUT2D eigenvalue weighted by atomic mass is 16.5.